The molecule has 0 bridgehead atoms. The maximum atomic E-state index is 13.5. The lowest BCUT2D eigenvalue weighted by Gasteiger charge is -2.20. The highest BCUT2D eigenvalue weighted by Crippen LogP contribution is 2.43. The standard InChI is InChI=1S/C40H36F6N6S2/c1-5-51(6-2)31-21-17-29(18-22-31)47-35-33(25-9-13-27(14-10-25)39(41,42)43)49-37(53-35)38-50-34(26-11-15-28(16-12-26)40(44,45)46)36(54-38)48-30-19-23-32(24-20-30)52(7-3)8-4/h9-24H,5-8H2,1-4H3/b38-37+,47-35?,48-36?. The number of alkyl halides is 6. The monoisotopic (exact) mass is 778 g/mol. The van der Waals surface area contributed by atoms with Gasteiger partial charge in [-0.25, -0.2) is 20.0 Å². The molecule has 0 amide bonds. The molecule has 0 N–H and O–H groups in total. The van der Waals surface area contributed by atoms with Gasteiger partial charge in [-0.1, -0.05) is 24.3 Å². The SMILES string of the molecule is CCN(CC)c1ccc(N=C2S/C(=C3\N=C(c4ccc(C(F)(F)F)cc4)C(=Nc4ccc(N(CC)CC)cc4)S3)N=C2c2ccc(C(F)(F)F)cc2)cc1. The van der Waals surface area contributed by atoms with Crippen LogP contribution >= 0.6 is 23.5 Å². The first-order valence-electron chi connectivity index (χ1n) is 17.3. The topological polar surface area (TPSA) is 55.9 Å². The Balaban J connectivity index is 1.43. The number of halogens is 6. The van der Waals surface area contributed by atoms with Crippen LogP contribution in [-0.2, 0) is 12.4 Å². The summed E-state index contributed by atoms with van der Waals surface area (Å²) in [5.74, 6) is 0. The van der Waals surface area contributed by atoms with E-state index in [1.165, 1.54) is 47.8 Å². The van der Waals surface area contributed by atoms with Crippen LogP contribution in [0.3, 0.4) is 0 Å². The third-order valence-electron chi connectivity index (χ3n) is 8.79. The molecule has 6 nitrogen and oxygen atoms in total. The largest absolute Gasteiger partial charge is 0.416 e. The number of benzene rings is 4. The first-order chi connectivity index (χ1) is 25.8. The van der Waals surface area contributed by atoms with E-state index in [9.17, 15) is 26.3 Å². The van der Waals surface area contributed by atoms with Crippen LogP contribution in [0.2, 0.25) is 0 Å². The molecular formula is C40H36F6N6S2. The molecule has 0 aliphatic carbocycles. The third kappa shape index (κ3) is 8.76. The zero-order valence-corrected chi connectivity index (χ0v) is 31.5. The lowest BCUT2D eigenvalue weighted by Crippen LogP contribution is -2.21. The number of thioether (sulfide) groups is 2. The fraction of sp³-hybridized carbons (Fsp3) is 0.250. The van der Waals surface area contributed by atoms with Gasteiger partial charge in [-0.2, -0.15) is 26.3 Å². The Bertz CT molecular complexity index is 1960. The molecule has 0 spiro atoms. The summed E-state index contributed by atoms with van der Waals surface area (Å²) >= 11 is 2.43. The first-order valence-corrected chi connectivity index (χ1v) is 18.9. The van der Waals surface area contributed by atoms with E-state index in [-0.39, 0.29) is 0 Å². The molecule has 4 aromatic carbocycles. The summed E-state index contributed by atoms with van der Waals surface area (Å²) in [6.45, 7) is 11.6. The summed E-state index contributed by atoms with van der Waals surface area (Å²) in [6.07, 6.45) is -9.01. The average Bonchev–Trinajstić information content (AvgIpc) is 3.78. The van der Waals surface area contributed by atoms with E-state index >= 15 is 0 Å². The van der Waals surface area contributed by atoms with E-state index in [1.54, 1.807) is 0 Å². The number of hydrogen-bond donors (Lipinski definition) is 0. The molecular weight excluding hydrogens is 743 g/mol. The molecule has 6 rings (SSSR count). The van der Waals surface area contributed by atoms with E-state index in [0.29, 0.717) is 54.1 Å². The van der Waals surface area contributed by atoms with E-state index in [2.05, 4.69) is 37.5 Å². The predicted molar refractivity (Wildman–Crippen MR) is 212 cm³/mol. The van der Waals surface area contributed by atoms with Crippen molar-refractivity contribution in [2.45, 2.75) is 40.0 Å². The van der Waals surface area contributed by atoms with Gasteiger partial charge in [-0.15, -0.1) is 0 Å². The number of nitrogens with zero attached hydrogens (tertiary/aromatic N) is 6. The second-order valence-electron chi connectivity index (χ2n) is 12.1. The molecule has 2 aliphatic heterocycles. The number of hydrogen-bond acceptors (Lipinski definition) is 8. The fourth-order valence-electron chi connectivity index (χ4n) is 5.86. The van der Waals surface area contributed by atoms with Crippen LogP contribution in [0.4, 0.5) is 49.1 Å². The average molecular weight is 779 g/mol. The lowest BCUT2D eigenvalue weighted by atomic mass is 10.1. The van der Waals surface area contributed by atoms with Crippen LogP contribution in [0.5, 0.6) is 0 Å². The fourth-order valence-corrected chi connectivity index (χ4v) is 7.84. The van der Waals surface area contributed by atoms with Gasteiger partial charge in [-0.3, -0.25) is 0 Å². The van der Waals surface area contributed by atoms with Crippen LogP contribution in [-0.4, -0.2) is 47.7 Å². The van der Waals surface area contributed by atoms with Gasteiger partial charge < -0.3 is 9.80 Å². The Hall–Kier alpha value is -4.82. The van der Waals surface area contributed by atoms with Crippen LogP contribution in [0.15, 0.2) is 127 Å². The van der Waals surface area contributed by atoms with Crippen molar-refractivity contribution in [3.8, 4) is 0 Å². The number of rotatable bonds is 10. The van der Waals surface area contributed by atoms with Crippen LogP contribution in [0.25, 0.3) is 0 Å². The summed E-state index contributed by atoms with van der Waals surface area (Å²) in [4.78, 5) is 23.8. The molecule has 0 radical (unpaired) electrons. The minimum absolute atomic E-state index is 0.369. The molecule has 0 saturated carbocycles. The first kappa shape index (κ1) is 38.9. The second-order valence-corrected chi connectivity index (χ2v) is 14.1. The van der Waals surface area contributed by atoms with Crippen molar-refractivity contribution in [3.05, 3.63) is 129 Å². The van der Waals surface area contributed by atoms with Crippen molar-refractivity contribution in [1.82, 2.24) is 0 Å². The summed E-state index contributed by atoms with van der Waals surface area (Å²) < 4.78 is 80.7. The van der Waals surface area contributed by atoms with Crippen molar-refractivity contribution in [1.29, 1.82) is 0 Å². The van der Waals surface area contributed by atoms with Crippen LogP contribution in [0, 0.1) is 0 Å². The molecule has 0 fully saturated rings. The smallest absolute Gasteiger partial charge is 0.372 e. The quantitative estimate of drug-likeness (QED) is 0.150. The van der Waals surface area contributed by atoms with Crippen molar-refractivity contribution >= 4 is 67.8 Å². The summed E-state index contributed by atoms with van der Waals surface area (Å²) in [5, 5.41) is 1.77. The van der Waals surface area contributed by atoms with Crippen molar-refractivity contribution < 1.29 is 26.3 Å². The molecule has 0 atom stereocenters. The Kier molecular flexibility index (Phi) is 11.7. The highest BCUT2D eigenvalue weighted by atomic mass is 32.2. The summed E-state index contributed by atoms with van der Waals surface area (Å²) in [5.41, 5.74) is 3.35. The Morgan fingerprint density at radius 1 is 0.481 bits per heavy atom. The van der Waals surface area contributed by atoms with Crippen molar-refractivity contribution in [3.63, 3.8) is 0 Å². The van der Waals surface area contributed by atoms with Gasteiger partial charge in [0.2, 0.25) is 0 Å². The van der Waals surface area contributed by atoms with Gasteiger partial charge in [-0.05, 0) is 124 Å². The zero-order chi connectivity index (χ0) is 38.6. The van der Waals surface area contributed by atoms with Gasteiger partial charge in [0, 0.05) is 48.7 Å². The van der Waals surface area contributed by atoms with E-state index in [0.717, 1.165) is 61.8 Å². The van der Waals surface area contributed by atoms with E-state index in [4.69, 9.17) is 20.0 Å². The summed E-state index contributed by atoms with van der Waals surface area (Å²) in [7, 11) is 0. The molecule has 2 heterocycles. The van der Waals surface area contributed by atoms with Crippen molar-refractivity contribution in [2.24, 2.45) is 20.0 Å². The molecule has 4 aromatic rings. The highest BCUT2D eigenvalue weighted by Gasteiger charge is 2.34. The van der Waals surface area contributed by atoms with Crippen LogP contribution < -0.4 is 9.80 Å². The predicted octanol–water partition coefficient (Wildman–Crippen LogP) is 11.8. The normalized spacial score (nSPS) is 17.7. The molecule has 0 unspecified atom stereocenters. The molecule has 0 aromatic heterocycles. The minimum atomic E-state index is -4.51. The molecule has 2 aliphatic rings. The lowest BCUT2D eigenvalue weighted by molar-refractivity contribution is -0.138. The maximum Gasteiger partial charge on any atom is 0.416 e. The van der Waals surface area contributed by atoms with E-state index in [1.807, 2.05) is 48.5 Å². The van der Waals surface area contributed by atoms with Gasteiger partial charge in [0.15, 0.2) is 0 Å². The van der Waals surface area contributed by atoms with Crippen molar-refractivity contribution in [2.75, 3.05) is 36.0 Å². The maximum absolute atomic E-state index is 13.5. The zero-order valence-electron chi connectivity index (χ0n) is 29.8. The Morgan fingerprint density at radius 3 is 1.07 bits per heavy atom. The minimum Gasteiger partial charge on any atom is -0.372 e. The highest BCUT2D eigenvalue weighted by molar-refractivity contribution is 8.22. The van der Waals surface area contributed by atoms with Gasteiger partial charge >= 0.3 is 12.4 Å². The third-order valence-corrected chi connectivity index (χ3v) is 10.8. The van der Waals surface area contributed by atoms with Gasteiger partial charge in [0.1, 0.15) is 31.6 Å². The Morgan fingerprint density at radius 2 is 0.796 bits per heavy atom. The van der Waals surface area contributed by atoms with Gasteiger partial charge in [0.25, 0.3) is 0 Å². The van der Waals surface area contributed by atoms with E-state index < -0.39 is 23.5 Å². The Labute approximate surface area is 318 Å². The second kappa shape index (κ2) is 16.3. The molecule has 0 saturated heterocycles. The molecule has 280 valence electrons. The molecule has 54 heavy (non-hydrogen) atoms. The number of anilines is 2. The summed E-state index contributed by atoms with van der Waals surface area (Å²) in [6, 6.07) is 24.8. The van der Waals surface area contributed by atoms with Gasteiger partial charge in [0.05, 0.1) is 22.5 Å². The number of aliphatic imine (C=N–C) groups is 4. The molecule has 14 heteroatoms. The van der Waals surface area contributed by atoms with Crippen LogP contribution in [0.1, 0.15) is 49.9 Å².